The van der Waals surface area contributed by atoms with Gasteiger partial charge in [0.1, 0.15) is 0 Å². The van der Waals surface area contributed by atoms with Gasteiger partial charge in [0.25, 0.3) is 0 Å². The van der Waals surface area contributed by atoms with E-state index >= 15 is 0 Å². The second-order valence-electron chi connectivity index (χ2n) is 16.6. The molecule has 0 radical (unpaired) electrons. The average molecular weight is 791 g/mol. The summed E-state index contributed by atoms with van der Waals surface area (Å²) in [6.45, 7) is 0. The molecule has 0 fully saturated rings. The zero-order valence-corrected chi connectivity index (χ0v) is 34.2. The summed E-state index contributed by atoms with van der Waals surface area (Å²) >= 11 is 1.97. The van der Waals surface area contributed by atoms with Gasteiger partial charge in [-0.2, -0.15) is 0 Å². The van der Waals surface area contributed by atoms with Crippen molar-refractivity contribution in [1.29, 1.82) is 0 Å². The van der Waals surface area contributed by atoms with E-state index in [0.717, 1.165) is 0 Å². The summed E-state index contributed by atoms with van der Waals surface area (Å²) in [6.07, 6.45) is 0. The van der Waals surface area contributed by atoms with Crippen LogP contribution in [0.3, 0.4) is 0 Å². The van der Waals surface area contributed by atoms with Gasteiger partial charge in [-0.05, 0) is 110 Å². The van der Waals surface area contributed by atoms with Gasteiger partial charge in [-0.3, -0.25) is 0 Å². The molecule has 0 aromatic heterocycles. The van der Waals surface area contributed by atoms with Crippen molar-refractivity contribution in [3.63, 3.8) is 0 Å². The lowest BCUT2D eigenvalue weighted by Crippen LogP contribution is -2.28. The number of fused-ring (bicyclic) bond motifs is 15. The topological polar surface area (TPSA) is 0 Å². The summed E-state index contributed by atoms with van der Waals surface area (Å²) in [7, 11) is 0. The van der Waals surface area contributed by atoms with Gasteiger partial charge in [0, 0.05) is 15.7 Å². The van der Waals surface area contributed by atoms with E-state index in [4.69, 9.17) is 0 Å². The molecule has 0 atom stereocenters. The van der Waals surface area contributed by atoms with Gasteiger partial charge >= 0.3 is 0 Å². The van der Waals surface area contributed by atoms with Gasteiger partial charge in [-0.15, -0.1) is 0 Å². The van der Waals surface area contributed by atoms with Crippen LogP contribution < -0.4 is 0 Å². The Bertz CT molecular complexity index is 3380. The van der Waals surface area contributed by atoms with Crippen molar-refractivity contribution in [2.45, 2.75) is 21.1 Å². The third kappa shape index (κ3) is 4.90. The van der Waals surface area contributed by atoms with Crippen molar-refractivity contribution in [2.24, 2.45) is 0 Å². The van der Waals surface area contributed by atoms with Crippen LogP contribution in [0.15, 0.2) is 234 Å². The van der Waals surface area contributed by atoms with Crippen molar-refractivity contribution in [2.75, 3.05) is 0 Å². The van der Waals surface area contributed by atoms with Crippen LogP contribution in [0.4, 0.5) is 0 Å². The first kappa shape index (κ1) is 34.7. The number of benzene rings is 11. The van der Waals surface area contributed by atoms with Crippen molar-refractivity contribution in [3.05, 3.63) is 263 Å². The van der Waals surface area contributed by atoms with Crippen LogP contribution in [0.2, 0.25) is 0 Å². The molecule has 1 heteroatoms. The fourth-order valence-electron chi connectivity index (χ4n) is 11.1. The molecular formula is C60H38S. The van der Waals surface area contributed by atoms with Gasteiger partial charge in [0.2, 0.25) is 0 Å². The summed E-state index contributed by atoms with van der Waals surface area (Å²) < 4.78 is 0. The molecule has 0 saturated carbocycles. The molecule has 11 aromatic carbocycles. The van der Waals surface area contributed by atoms with E-state index < -0.39 is 5.41 Å². The normalized spacial score (nSPS) is 13.9. The fraction of sp³-hybridized carbons (Fsp3) is 0.0333. The molecule has 61 heavy (non-hydrogen) atoms. The van der Waals surface area contributed by atoms with E-state index in [2.05, 4.69) is 224 Å². The Morgan fingerprint density at radius 3 is 1.26 bits per heavy atom. The molecule has 0 spiro atoms. The van der Waals surface area contributed by atoms with Crippen molar-refractivity contribution < 1.29 is 0 Å². The summed E-state index contributed by atoms with van der Waals surface area (Å²) in [4.78, 5) is 2.74. The van der Waals surface area contributed by atoms with E-state index in [9.17, 15) is 0 Å². The van der Waals surface area contributed by atoms with Gasteiger partial charge in [-0.1, -0.05) is 230 Å². The predicted molar refractivity (Wildman–Crippen MR) is 257 cm³/mol. The summed E-state index contributed by atoms with van der Waals surface area (Å²) in [6, 6.07) is 84.2. The van der Waals surface area contributed by atoms with Crippen LogP contribution in [-0.2, 0) is 5.41 Å². The van der Waals surface area contributed by atoms with E-state index in [1.54, 1.807) is 0 Å². The molecule has 0 N–H and O–H groups in total. The van der Waals surface area contributed by atoms with Crippen LogP contribution in [-0.4, -0.2) is 0 Å². The van der Waals surface area contributed by atoms with E-state index in [1.807, 2.05) is 11.8 Å². The highest BCUT2D eigenvalue weighted by molar-refractivity contribution is 8.00. The highest BCUT2D eigenvalue weighted by atomic mass is 32.2. The number of hydrogen-bond donors (Lipinski definition) is 0. The molecule has 1 aliphatic carbocycles. The molecule has 0 unspecified atom stereocenters. The first-order chi connectivity index (χ1) is 30.3. The van der Waals surface area contributed by atoms with Gasteiger partial charge in [0.05, 0.1) is 5.41 Å². The average Bonchev–Trinajstić information content (AvgIpc) is 3.64. The Labute approximate surface area is 359 Å². The molecule has 0 bridgehead atoms. The Balaban J connectivity index is 1.04. The molecule has 11 aromatic rings. The lowest BCUT2D eigenvalue weighted by Gasteiger charge is -2.34. The van der Waals surface area contributed by atoms with E-state index in [1.165, 1.54) is 114 Å². The standard InChI is InChI=1S/C60H38S/c1-3-17-41(18-4-1)60(42-19-5-2-6-20-42)53-30-16-15-25-47(53)48-36-35-40(37-54(48)60)38-31-33-39(34-32-38)55-56-49-26-11-7-21-43(49)45-23-9-13-28-51(45)58(56)61-59-52-29-14-10-24-46(52)44-22-8-12-27-50(44)57(55)59/h1-37,55H. The predicted octanol–water partition coefficient (Wildman–Crippen LogP) is 16.0. The maximum Gasteiger partial charge on any atom is 0.0713 e. The Morgan fingerprint density at radius 2 is 0.721 bits per heavy atom. The zero-order valence-electron chi connectivity index (χ0n) is 33.3. The summed E-state index contributed by atoms with van der Waals surface area (Å²) in [5.41, 5.74) is 14.0. The monoisotopic (exact) mass is 790 g/mol. The quantitative estimate of drug-likeness (QED) is 0.160. The lowest BCUT2D eigenvalue weighted by atomic mass is 9.67. The fourth-order valence-corrected chi connectivity index (χ4v) is 12.6. The van der Waals surface area contributed by atoms with Crippen LogP contribution in [0, 0.1) is 0 Å². The minimum atomic E-state index is -0.439. The molecule has 0 nitrogen and oxygen atoms in total. The Morgan fingerprint density at radius 1 is 0.311 bits per heavy atom. The number of hydrogen-bond acceptors (Lipinski definition) is 1. The van der Waals surface area contributed by atoms with Crippen LogP contribution in [0.25, 0.3) is 65.3 Å². The maximum absolute atomic E-state index is 2.48. The highest BCUT2D eigenvalue weighted by Gasteiger charge is 2.46. The van der Waals surface area contributed by atoms with Crippen molar-refractivity contribution >= 4 is 54.9 Å². The van der Waals surface area contributed by atoms with Crippen molar-refractivity contribution in [3.8, 4) is 22.3 Å². The van der Waals surface area contributed by atoms with Gasteiger partial charge in [-0.25, -0.2) is 0 Å². The Hall–Kier alpha value is -7.19. The molecule has 13 rings (SSSR count). The molecular weight excluding hydrogens is 753 g/mol. The van der Waals surface area contributed by atoms with E-state index in [-0.39, 0.29) is 5.92 Å². The number of rotatable bonds is 4. The van der Waals surface area contributed by atoms with Crippen LogP contribution in [0.1, 0.15) is 44.9 Å². The lowest BCUT2D eigenvalue weighted by molar-refractivity contribution is 0.769. The first-order valence-corrected chi connectivity index (χ1v) is 22.1. The minimum Gasteiger partial charge on any atom is -0.0881 e. The SMILES string of the molecule is c1ccc(C2(c3ccccc3)c3ccccc3-c3ccc(-c4ccc(C5c6c(c7ccccc7c7ccccc67)Sc6c5c5ccccc5c5ccccc65)cc4)cc32)cc1. The first-order valence-electron chi connectivity index (χ1n) is 21.3. The van der Waals surface area contributed by atoms with Crippen LogP contribution >= 0.6 is 11.8 Å². The highest BCUT2D eigenvalue weighted by Crippen LogP contribution is 2.59. The molecule has 1 heterocycles. The smallest absolute Gasteiger partial charge is 0.0713 e. The van der Waals surface area contributed by atoms with Crippen LogP contribution in [0.5, 0.6) is 0 Å². The van der Waals surface area contributed by atoms with Crippen molar-refractivity contribution in [1.82, 2.24) is 0 Å². The largest absolute Gasteiger partial charge is 0.0881 e. The zero-order chi connectivity index (χ0) is 40.1. The third-order valence-electron chi connectivity index (χ3n) is 13.7. The van der Waals surface area contributed by atoms with E-state index in [0.29, 0.717) is 0 Å². The molecule has 0 saturated heterocycles. The Kier molecular flexibility index (Phi) is 7.62. The maximum atomic E-state index is 2.48. The minimum absolute atomic E-state index is 0.0302. The van der Waals surface area contributed by atoms with Gasteiger partial charge in [0.15, 0.2) is 0 Å². The molecule has 1 aliphatic heterocycles. The second kappa shape index (κ2) is 13.4. The third-order valence-corrected chi connectivity index (χ3v) is 15.0. The molecule has 284 valence electrons. The second-order valence-corrected chi connectivity index (χ2v) is 17.6. The summed E-state index contributed by atoms with van der Waals surface area (Å²) in [5, 5.41) is 10.6. The van der Waals surface area contributed by atoms with Gasteiger partial charge < -0.3 is 0 Å². The molecule has 0 amide bonds. The molecule has 2 aliphatic rings. The summed E-state index contributed by atoms with van der Waals surface area (Å²) in [5.74, 6) is 0.0302.